The molecule has 14 heavy (non-hydrogen) atoms. The fourth-order valence-electron chi connectivity index (χ4n) is 1.06. The third kappa shape index (κ3) is 2.67. The van der Waals surface area contributed by atoms with E-state index in [4.69, 9.17) is 5.73 Å². The number of nitrogens with two attached hydrogens (primary N) is 1. The number of nitrogens with one attached hydrogen (secondary N) is 1. The van der Waals surface area contributed by atoms with E-state index >= 15 is 0 Å². The van der Waals surface area contributed by atoms with E-state index in [0.717, 1.165) is 11.3 Å². The maximum atomic E-state index is 11.1. The normalized spacial score (nSPS) is 10.4. The number of benzene rings is 1. The van der Waals surface area contributed by atoms with Gasteiger partial charge >= 0.3 is 0 Å². The van der Waals surface area contributed by atoms with Gasteiger partial charge in [-0.2, -0.15) is 0 Å². The number of rotatable bonds is 3. The molecule has 0 saturated heterocycles. The number of hydrogen-bond donors (Lipinski definition) is 2. The topological polar surface area (TPSA) is 67.5 Å². The molecule has 0 unspecified atom stereocenters. The van der Waals surface area contributed by atoms with Crippen molar-refractivity contribution in [2.24, 2.45) is 10.7 Å². The Morgan fingerprint density at radius 1 is 1.57 bits per heavy atom. The van der Waals surface area contributed by atoms with Crippen LogP contribution in [0.1, 0.15) is 5.56 Å². The first-order valence-corrected chi connectivity index (χ1v) is 4.29. The maximum Gasteiger partial charge on any atom is 0.238 e. The van der Waals surface area contributed by atoms with Gasteiger partial charge in [0.2, 0.25) is 5.91 Å². The summed E-state index contributed by atoms with van der Waals surface area (Å²) in [6.07, 6.45) is 1.69. The van der Waals surface area contributed by atoms with Crippen LogP contribution in [0.2, 0.25) is 0 Å². The lowest BCUT2D eigenvalue weighted by atomic mass is 10.2. The van der Waals surface area contributed by atoms with E-state index in [-0.39, 0.29) is 12.5 Å². The second kappa shape index (κ2) is 5.14. The van der Waals surface area contributed by atoms with Gasteiger partial charge in [0, 0.05) is 24.5 Å². The molecule has 0 spiro atoms. The van der Waals surface area contributed by atoms with Gasteiger partial charge in [-0.05, 0) is 6.07 Å². The molecule has 1 aromatic carbocycles. The highest BCUT2D eigenvalue weighted by Gasteiger charge is 2.02. The van der Waals surface area contributed by atoms with Gasteiger partial charge < -0.3 is 11.1 Å². The molecule has 0 saturated carbocycles. The third-order valence-electron chi connectivity index (χ3n) is 1.69. The summed E-state index contributed by atoms with van der Waals surface area (Å²) in [6, 6.07) is 7.41. The Kier molecular flexibility index (Phi) is 3.82. The molecule has 4 heteroatoms. The predicted molar refractivity (Wildman–Crippen MR) is 57.6 cm³/mol. The first-order valence-electron chi connectivity index (χ1n) is 4.29. The SMILES string of the molecule is CN=Cc1ccccc1NC(=O)CN. The van der Waals surface area contributed by atoms with E-state index in [0.29, 0.717) is 0 Å². The van der Waals surface area contributed by atoms with Crippen molar-refractivity contribution in [2.75, 3.05) is 18.9 Å². The molecule has 0 heterocycles. The highest BCUT2D eigenvalue weighted by Crippen LogP contribution is 2.12. The predicted octanol–water partition coefficient (Wildman–Crippen LogP) is 0.633. The number of amides is 1. The van der Waals surface area contributed by atoms with E-state index < -0.39 is 0 Å². The molecule has 0 aliphatic rings. The van der Waals surface area contributed by atoms with Gasteiger partial charge in [-0.3, -0.25) is 9.79 Å². The molecule has 3 N–H and O–H groups in total. The number of carbonyl (C=O) groups is 1. The van der Waals surface area contributed by atoms with Crippen LogP contribution >= 0.6 is 0 Å². The largest absolute Gasteiger partial charge is 0.324 e. The molecule has 0 aliphatic heterocycles. The number of aliphatic imine (C=N–C) groups is 1. The lowest BCUT2D eigenvalue weighted by molar-refractivity contribution is -0.114. The van der Waals surface area contributed by atoms with E-state index in [2.05, 4.69) is 10.3 Å². The average Bonchev–Trinajstić information content (AvgIpc) is 2.21. The average molecular weight is 191 g/mol. The van der Waals surface area contributed by atoms with Crippen LogP contribution in [0.4, 0.5) is 5.69 Å². The van der Waals surface area contributed by atoms with Crippen LogP contribution in [-0.2, 0) is 4.79 Å². The summed E-state index contributed by atoms with van der Waals surface area (Å²) in [4.78, 5) is 14.9. The zero-order valence-electron chi connectivity index (χ0n) is 8.03. The molecular weight excluding hydrogens is 178 g/mol. The molecule has 1 aromatic rings. The van der Waals surface area contributed by atoms with Crippen molar-refractivity contribution in [1.29, 1.82) is 0 Å². The van der Waals surface area contributed by atoms with Gasteiger partial charge in [-0.25, -0.2) is 0 Å². The Hall–Kier alpha value is -1.68. The minimum atomic E-state index is -0.207. The van der Waals surface area contributed by atoms with Crippen molar-refractivity contribution in [3.05, 3.63) is 29.8 Å². The second-order valence-corrected chi connectivity index (χ2v) is 2.73. The van der Waals surface area contributed by atoms with Crippen LogP contribution in [-0.4, -0.2) is 25.7 Å². The first kappa shape index (κ1) is 10.4. The smallest absolute Gasteiger partial charge is 0.238 e. The summed E-state index contributed by atoms with van der Waals surface area (Å²) in [5.74, 6) is -0.207. The fraction of sp³-hybridized carbons (Fsp3) is 0.200. The highest BCUT2D eigenvalue weighted by molar-refractivity contribution is 5.98. The number of anilines is 1. The molecular formula is C10H13N3O. The molecule has 74 valence electrons. The van der Waals surface area contributed by atoms with Crippen LogP contribution in [0, 0.1) is 0 Å². The molecule has 1 rings (SSSR count). The Balaban J connectivity index is 2.89. The number of para-hydroxylation sites is 1. The lowest BCUT2D eigenvalue weighted by Gasteiger charge is -2.06. The summed E-state index contributed by atoms with van der Waals surface area (Å²) in [7, 11) is 1.68. The van der Waals surface area contributed by atoms with Crippen molar-refractivity contribution < 1.29 is 4.79 Å². The Bertz CT molecular complexity index is 347. The second-order valence-electron chi connectivity index (χ2n) is 2.73. The molecule has 0 fully saturated rings. The Labute approximate surface area is 82.8 Å². The van der Waals surface area contributed by atoms with E-state index in [1.165, 1.54) is 0 Å². The number of nitrogens with zero attached hydrogens (tertiary/aromatic N) is 1. The lowest BCUT2D eigenvalue weighted by Crippen LogP contribution is -2.22. The quantitative estimate of drug-likeness (QED) is 0.688. The molecule has 0 radical (unpaired) electrons. The van der Waals surface area contributed by atoms with Crippen molar-refractivity contribution >= 4 is 17.8 Å². The summed E-state index contributed by atoms with van der Waals surface area (Å²) >= 11 is 0. The summed E-state index contributed by atoms with van der Waals surface area (Å²) < 4.78 is 0. The van der Waals surface area contributed by atoms with Gasteiger partial charge in [0.15, 0.2) is 0 Å². The van der Waals surface area contributed by atoms with Gasteiger partial charge in [-0.15, -0.1) is 0 Å². The van der Waals surface area contributed by atoms with Gasteiger partial charge in [0.1, 0.15) is 0 Å². The van der Waals surface area contributed by atoms with Crippen LogP contribution in [0.25, 0.3) is 0 Å². The third-order valence-corrected chi connectivity index (χ3v) is 1.69. The van der Waals surface area contributed by atoms with Crippen LogP contribution in [0.15, 0.2) is 29.3 Å². The molecule has 0 aromatic heterocycles. The zero-order valence-corrected chi connectivity index (χ0v) is 8.03. The van der Waals surface area contributed by atoms with E-state index in [1.807, 2.05) is 24.3 Å². The van der Waals surface area contributed by atoms with Crippen molar-refractivity contribution in [1.82, 2.24) is 0 Å². The zero-order chi connectivity index (χ0) is 10.4. The molecule has 0 aliphatic carbocycles. The van der Waals surface area contributed by atoms with Gasteiger partial charge in [0.25, 0.3) is 0 Å². The summed E-state index contributed by atoms with van der Waals surface area (Å²) in [6.45, 7) is -0.0163. The van der Waals surface area contributed by atoms with Crippen molar-refractivity contribution in [3.63, 3.8) is 0 Å². The molecule has 4 nitrogen and oxygen atoms in total. The minimum Gasteiger partial charge on any atom is -0.324 e. The monoisotopic (exact) mass is 191 g/mol. The summed E-state index contributed by atoms with van der Waals surface area (Å²) in [5, 5.41) is 2.69. The maximum absolute atomic E-state index is 11.1. The summed E-state index contributed by atoms with van der Waals surface area (Å²) in [5.41, 5.74) is 6.80. The van der Waals surface area contributed by atoms with Crippen LogP contribution in [0.3, 0.4) is 0 Å². The van der Waals surface area contributed by atoms with E-state index in [1.54, 1.807) is 13.3 Å². The number of hydrogen-bond acceptors (Lipinski definition) is 3. The molecule has 0 bridgehead atoms. The van der Waals surface area contributed by atoms with Crippen LogP contribution in [0.5, 0.6) is 0 Å². The Morgan fingerprint density at radius 2 is 2.29 bits per heavy atom. The van der Waals surface area contributed by atoms with Gasteiger partial charge in [-0.1, -0.05) is 18.2 Å². The van der Waals surface area contributed by atoms with Gasteiger partial charge in [0.05, 0.1) is 6.54 Å². The van der Waals surface area contributed by atoms with E-state index in [9.17, 15) is 4.79 Å². The highest BCUT2D eigenvalue weighted by atomic mass is 16.1. The van der Waals surface area contributed by atoms with Crippen LogP contribution < -0.4 is 11.1 Å². The molecule has 0 atom stereocenters. The number of carbonyl (C=O) groups excluding carboxylic acids is 1. The van der Waals surface area contributed by atoms with Crippen molar-refractivity contribution in [2.45, 2.75) is 0 Å². The first-order chi connectivity index (χ1) is 6.77. The Morgan fingerprint density at radius 3 is 2.93 bits per heavy atom. The van der Waals surface area contributed by atoms with Crippen molar-refractivity contribution in [3.8, 4) is 0 Å². The minimum absolute atomic E-state index is 0.0163. The fourth-order valence-corrected chi connectivity index (χ4v) is 1.06. The standard InChI is InChI=1S/C10H13N3O/c1-12-7-8-4-2-3-5-9(8)13-10(14)6-11/h2-5,7H,6,11H2,1H3,(H,13,14). The molecule has 1 amide bonds.